The van der Waals surface area contributed by atoms with Crippen molar-refractivity contribution in [1.82, 2.24) is 9.97 Å². The molecule has 1 aromatic carbocycles. The first-order valence-corrected chi connectivity index (χ1v) is 7.32. The number of hydrogen-bond acceptors (Lipinski definition) is 4. The van der Waals surface area contributed by atoms with Gasteiger partial charge < -0.3 is 5.32 Å². The highest BCUT2D eigenvalue weighted by Crippen LogP contribution is 2.35. The van der Waals surface area contributed by atoms with Crippen molar-refractivity contribution in [3.05, 3.63) is 53.2 Å². The summed E-state index contributed by atoms with van der Waals surface area (Å²) < 4.78 is 0. The largest absolute Gasteiger partial charge is 0.363 e. The lowest BCUT2D eigenvalue weighted by atomic mass is 10.1. The summed E-state index contributed by atoms with van der Waals surface area (Å²) >= 11 is 1.65. The van der Waals surface area contributed by atoms with Crippen molar-refractivity contribution >= 4 is 27.4 Å². The van der Waals surface area contributed by atoms with Gasteiger partial charge in [0.1, 0.15) is 17.0 Å². The van der Waals surface area contributed by atoms with Crippen LogP contribution in [-0.4, -0.2) is 9.97 Å². The van der Waals surface area contributed by atoms with Gasteiger partial charge in [0.05, 0.1) is 11.4 Å². The lowest BCUT2D eigenvalue weighted by Gasteiger charge is -2.15. The SMILES string of the molecule is c1ccc2c(c1)CC[C@H]2Nc1ncnc2sccc12. The normalized spacial score (nSPS) is 17.6. The molecule has 0 spiro atoms. The number of rotatable bonds is 2. The van der Waals surface area contributed by atoms with Crippen LogP contribution < -0.4 is 5.32 Å². The number of nitrogens with zero attached hydrogens (tertiary/aromatic N) is 2. The summed E-state index contributed by atoms with van der Waals surface area (Å²) in [7, 11) is 0. The number of aromatic nitrogens is 2. The van der Waals surface area contributed by atoms with Gasteiger partial charge in [-0.25, -0.2) is 9.97 Å². The van der Waals surface area contributed by atoms with Crippen molar-refractivity contribution in [2.24, 2.45) is 0 Å². The van der Waals surface area contributed by atoms with Crippen molar-refractivity contribution in [3.63, 3.8) is 0 Å². The summed E-state index contributed by atoms with van der Waals surface area (Å²) in [5.41, 5.74) is 2.86. The lowest BCUT2D eigenvalue weighted by molar-refractivity contribution is 0.758. The van der Waals surface area contributed by atoms with Crippen molar-refractivity contribution in [2.45, 2.75) is 18.9 Å². The minimum absolute atomic E-state index is 0.370. The zero-order chi connectivity index (χ0) is 12.7. The Morgan fingerprint density at radius 1 is 1.16 bits per heavy atom. The standard InChI is InChI=1S/C15H13N3S/c1-2-4-11-10(3-1)5-6-13(11)18-14-12-7-8-19-15(12)17-9-16-14/h1-4,7-9,13H,5-6H2,(H,16,17,18)/t13-/m1/s1. The average molecular weight is 267 g/mol. The van der Waals surface area contributed by atoms with Gasteiger partial charge in [0, 0.05) is 0 Å². The minimum Gasteiger partial charge on any atom is -0.363 e. The van der Waals surface area contributed by atoms with E-state index in [-0.39, 0.29) is 0 Å². The Labute approximate surface area is 115 Å². The van der Waals surface area contributed by atoms with Gasteiger partial charge in [-0.2, -0.15) is 0 Å². The molecule has 1 atom stereocenters. The molecule has 19 heavy (non-hydrogen) atoms. The van der Waals surface area contributed by atoms with E-state index in [0.29, 0.717) is 6.04 Å². The summed E-state index contributed by atoms with van der Waals surface area (Å²) in [6.45, 7) is 0. The first-order valence-electron chi connectivity index (χ1n) is 6.44. The summed E-state index contributed by atoms with van der Waals surface area (Å²) in [5.74, 6) is 0.952. The van der Waals surface area contributed by atoms with Crippen LogP contribution in [0.3, 0.4) is 0 Å². The predicted octanol–water partition coefficient (Wildman–Crippen LogP) is 3.79. The Morgan fingerprint density at radius 2 is 2.11 bits per heavy atom. The van der Waals surface area contributed by atoms with Crippen LogP contribution in [0.1, 0.15) is 23.6 Å². The van der Waals surface area contributed by atoms with E-state index in [9.17, 15) is 0 Å². The lowest BCUT2D eigenvalue weighted by Crippen LogP contribution is -2.08. The Bertz CT molecular complexity index is 735. The Kier molecular flexibility index (Phi) is 2.48. The summed E-state index contributed by atoms with van der Waals surface area (Å²) in [4.78, 5) is 9.73. The van der Waals surface area contributed by atoms with E-state index in [0.717, 1.165) is 28.9 Å². The van der Waals surface area contributed by atoms with E-state index in [4.69, 9.17) is 0 Å². The summed E-state index contributed by atoms with van der Waals surface area (Å²) in [5, 5.41) is 6.77. The Balaban J connectivity index is 1.71. The van der Waals surface area contributed by atoms with Crippen LogP contribution in [-0.2, 0) is 6.42 Å². The molecule has 1 N–H and O–H groups in total. The molecule has 0 radical (unpaired) electrons. The minimum atomic E-state index is 0.370. The van der Waals surface area contributed by atoms with Gasteiger partial charge in [0.15, 0.2) is 0 Å². The smallest absolute Gasteiger partial charge is 0.138 e. The zero-order valence-electron chi connectivity index (χ0n) is 10.3. The van der Waals surface area contributed by atoms with Crippen molar-refractivity contribution < 1.29 is 0 Å². The van der Waals surface area contributed by atoms with Crippen LogP contribution in [0, 0.1) is 0 Å². The maximum Gasteiger partial charge on any atom is 0.138 e. The zero-order valence-corrected chi connectivity index (χ0v) is 11.2. The molecule has 0 aliphatic heterocycles. The Morgan fingerprint density at radius 3 is 3.11 bits per heavy atom. The second-order valence-corrected chi connectivity index (χ2v) is 5.69. The van der Waals surface area contributed by atoms with E-state index in [2.05, 4.69) is 51.0 Å². The van der Waals surface area contributed by atoms with Gasteiger partial charge in [-0.05, 0) is 35.4 Å². The van der Waals surface area contributed by atoms with Gasteiger partial charge in [0.2, 0.25) is 0 Å². The van der Waals surface area contributed by atoms with Gasteiger partial charge in [-0.1, -0.05) is 24.3 Å². The van der Waals surface area contributed by atoms with Gasteiger partial charge in [0.25, 0.3) is 0 Å². The van der Waals surface area contributed by atoms with Gasteiger partial charge in [-0.15, -0.1) is 11.3 Å². The maximum absolute atomic E-state index is 4.40. The molecule has 3 aromatic rings. The summed E-state index contributed by atoms with van der Waals surface area (Å²) in [6.07, 6.45) is 3.92. The molecular formula is C15H13N3S. The molecule has 2 aromatic heterocycles. The molecular weight excluding hydrogens is 254 g/mol. The molecule has 94 valence electrons. The highest BCUT2D eigenvalue weighted by Gasteiger charge is 2.22. The maximum atomic E-state index is 4.40. The highest BCUT2D eigenvalue weighted by atomic mass is 32.1. The van der Waals surface area contributed by atoms with Crippen LogP contribution in [0.15, 0.2) is 42.0 Å². The van der Waals surface area contributed by atoms with Crippen LogP contribution in [0.4, 0.5) is 5.82 Å². The number of nitrogens with one attached hydrogen (secondary N) is 1. The third kappa shape index (κ3) is 1.79. The number of benzene rings is 1. The van der Waals surface area contributed by atoms with Crippen molar-refractivity contribution in [2.75, 3.05) is 5.32 Å². The number of aryl methyl sites for hydroxylation is 1. The molecule has 3 nitrogen and oxygen atoms in total. The van der Waals surface area contributed by atoms with Gasteiger partial charge >= 0.3 is 0 Å². The number of thiophene rings is 1. The number of hydrogen-bond donors (Lipinski definition) is 1. The molecule has 0 bridgehead atoms. The van der Waals surface area contributed by atoms with Crippen LogP contribution in [0.2, 0.25) is 0 Å². The number of anilines is 1. The fourth-order valence-corrected chi connectivity index (χ4v) is 3.51. The van der Waals surface area contributed by atoms with Crippen LogP contribution >= 0.6 is 11.3 Å². The third-order valence-corrected chi connectivity index (χ3v) is 4.53. The van der Waals surface area contributed by atoms with E-state index >= 15 is 0 Å². The van der Waals surface area contributed by atoms with Gasteiger partial charge in [-0.3, -0.25) is 0 Å². The molecule has 1 aliphatic rings. The third-order valence-electron chi connectivity index (χ3n) is 3.71. The van der Waals surface area contributed by atoms with E-state index < -0.39 is 0 Å². The molecule has 4 rings (SSSR count). The first kappa shape index (κ1) is 10.9. The Hall–Kier alpha value is -1.94. The van der Waals surface area contributed by atoms with E-state index in [1.165, 1.54) is 11.1 Å². The molecule has 0 amide bonds. The van der Waals surface area contributed by atoms with Crippen molar-refractivity contribution in [1.29, 1.82) is 0 Å². The molecule has 2 heterocycles. The van der Waals surface area contributed by atoms with Crippen LogP contribution in [0.25, 0.3) is 10.2 Å². The van der Waals surface area contributed by atoms with Crippen molar-refractivity contribution in [3.8, 4) is 0 Å². The second-order valence-electron chi connectivity index (χ2n) is 4.80. The molecule has 0 fully saturated rings. The molecule has 0 unspecified atom stereocenters. The molecule has 0 saturated heterocycles. The van der Waals surface area contributed by atoms with E-state index in [1.807, 2.05) is 0 Å². The summed E-state index contributed by atoms with van der Waals surface area (Å²) in [6, 6.07) is 11.1. The first-order chi connectivity index (χ1) is 9.42. The fraction of sp³-hybridized carbons (Fsp3) is 0.200. The highest BCUT2D eigenvalue weighted by molar-refractivity contribution is 7.16. The predicted molar refractivity (Wildman–Crippen MR) is 78.5 cm³/mol. The molecule has 4 heteroatoms. The monoisotopic (exact) mass is 267 g/mol. The number of fused-ring (bicyclic) bond motifs is 2. The quantitative estimate of drug-likeness (QED) is 0.767. The fourth-order valence-electron chi connectivity index (χ4n) is 2.78. The van der Waals surface area contributed by atoms with Crippen LogP contribution in [0.5, 0.6) is 0 Å². The van der Waals surface area contributed by atoms with E-state index in [1.54, 1.807) is 17.7 Å². The topological polar surface area (TPSA) is 37.8 Å². The molecule has 0 saturated carbocycles. The average Bonchev–Trinajstić information content (AvgIpc) is 3.06. The second kappa shape index (κ2) is 4.31. The molecule has 1 aliphatic carbocycles.